The summed E-state index contributed by atoms with van der Waals surface area (Å²) in [5, 5.41) is 7.27. The molecular weight excluding hydrogens is 428 g/mol. The van der Waals surface area contributed by atoms with Gasteiger partial charge in [0, 0.05) is 62.6 Å². The molecule has 9 heteroatoms. The van der Waals surface area contributed by atoms with Crippen LogP contribution in [0.15, 0.2) is 42.7 Å². The molecule has 0 bridgehead atoms. The fraction of sp³-hybridized carbons (Fsp3) is 0.400. The number of nitrogens with two attached hydrogens (primary N) is 2. The highest BCUT2D eigenvalue weighted by Gasteiger charge is 2.25. The Labute approximate surface area is 199 Å². The SMILES string of the molecule is C[C@@H]1C[C@H](N)CN(c2ccncc2NC(=O)c2nc3cc(N4CCNCC4)ccc3cc2N)C1. The molecule has 0 aliphatic carbocycles. The van der Waals surface area contributed by atoms with Crippen LogP contribution in [0.25, 0.3) is 10.9 Å². The first-order valence-corrected chi connectivity index (χ1v) is 11.9. The molecule has 2 fully saturated rings. The van der Waals surface area contributed by atoms with E-state index in [1.54, 1.807) is 12.4 Å². The quantitative estimate of drug-likeness (QED) is 0.466. The molecule has 1 aromatic carbocycles. The van der Waals surface area contributed by atoms with Crippen molar-refractivity contribution in [1.29, 1.82) is 0 Å². The lowest BCUT2D eigenvalue weighted by molar-refractivity contribution is 0.102. The Morgan fingerprint density at radius 3 is 2.76 bits per heavy atom. The van der Waals surface area contributed by atoms with Crippen LogP contribution >= 0.6 is 0 Å². The predicted molar refractivity (Wildman–Crippen MR) is 137 cm³/mol. The van der Waals surface area contributed by atoms with Crippen molar-refractivity contribution in [2.24, 2.45) is 11.7 Å². The molecule has 2 aliphatic heterocycles. The standard InChI is InChI=1S/C25H32N8O/c1-16-10-18(26)15-33(14-16)23-4-5-29-13-22(23)31-25(34)24-20(27)11-17-2-3-19(12-21(17)30-24)32-8-6-28-7-9-32/h2-5,11-13,16,18,28H,6-10,14-15,26-27H2,1H3,(H,31,34)/t16-,18+/m1/s1. The van der Waals surface area contributed by atoms with Gasteiger partial charge in [0.2, 0.25) is 0 Å². The van der Waals surface area contributed by atoms with Gasteiger partial charge < -0.3 is 31.9 Å². The molecule has 0 spiro atoms. The maximum atomic E-state index is 13.3. The highest BCUT2D eigenvalue weighted by molar-refractivity contribution is 6.09. The summed E-state index contributed by atoms with van der Waals surface area (Å²) >= 11 is 0. The normalized spacial score (nSPS) is 21.0. The Bertz CT molecular complexity index is 1180. The molecule has 2 atom stereocenters. The Hall–Kier alpha value is -3.43. The minimum Gasteiger partial charge on any atom is -0.397 e. The number of nitrogens with zero attached hydrogens (tertiary/aromatic N) is 4. The van der Waals surface area contributed by atoms with Crippen molar-refractivity contribution >= 4 is 39.6 Å². The summed E-state index contributed by atoms with van der Waals surface area (Å²) in [6, 6.07) is 9.95. The number of piperidine rings is 1. The van der Waals surface area contributed by atoms with Gasteiger partial charge in [-0.3, -0.25) is 9.78 Å². The molecule has 4 heterocycles. The number of piperazine rings is 1. The first kappa shape index (κ1) is 22.4. The number of nitrogen functional groups attached to an aromatic ring is 1. The number of amides is 1. The van der Waals surface area contributed by atoms with E-state index < -0.39 is 0 Å². The van der Waals surface area contributed by atoms with Crippen LogP contribution in [0, 0.1) is 5.92 Å². The van der Waals surface area contributed by atoms with E-state index in [1.807, 2.05) is 24.3 Å². The Morgan fingerprint density at radius 2 is 1.97 bits per heavy atom. The highest BCUT2D eigenvalue weighted by atomic mass is 16.1. The minimum atomic E-state index is -0.351. The molecule has 0 radical (unpaired) electrons. The Morgan fingerprint density at radius 1 is 1.15 bits per heavy atom. The first-order chi connectivity index (χ1) is 16.5. The van der Waals surface area contributed by atoms with Crippen molar-refractivity contribution in [1.82, 2.24) is 15.3 Å². The summed E-state index contributed by atoms with van der Waals surface area (Å²) in [5.74, 6) is 0.124. The number of anilines is 4. The number of hydrogen-bond donors (Lipinski definition) is 4. The molecule has 6 N–H and O–H groups in total. The summed E-state index contributed by atoms with van der Waals surface area (Å²) in [4.78, 5) is 26.7. The average molecular weight is 461 g/mol. The third kappa shape index (κ3) is 4.62. The van der Waals surface area contributed by atoms with Crippen molar-refractivity contribution in [3.05, 3.63) is 48.4 Å². The smallest absolute Gasteiger partial charge is 0.276 e. The second-order valence-corrected chi connectivity index (χ2v) is 9.39. The van der Waals surface area contributed by atoms with Gasteiger partial charge in [-0.2, -0.15) is 0 Å². The average Bonchev–Trinajstić information content (AvgIpc) is 2.83. The van der Waals surface area contributed by atoms with Crippen molar-refractivity contribution in [2.75, 3.05) is 60.1 Å². The van der Waals surface area contributed by atoms with E-state index in [0.717, 1.165) is 68.0 Å². The zero-order valence-electron chi connectivity index (χ0n) is 19.5. The number of carbonyl (C=O) groups is 1. The lowest BCUT2D eigenvalue weighted by Gasteiger charge is -2.37. The number of nitrogens with one attached hydrogen (secondary N) is 2. The number of benzene rings is 1. The molecule has 2 saturated heterocycles. The van der Waals surface area contributed by atoms with Gasteiger partial charge in [0.15, 0.2) is 5.69 Å². The van der Waals surface area contributed by atoms with Crippen molar-refractivity contribution < 1.29 is 4.79 Å². The number of pyridine rings is 2. The van der Waals surface area contributed by atoms with E-state index in [4.69, 9.17) is 11.5 Å². The zero-order chi connectivity index (χ0) is 23.7. The van der Waals surface area contributed by atoms with Crippen molar-refractivity contribution in [3.63, 3.8) is 0 Å². The zero-order valence-corrected chi connectivity index (χ0v) is 19.5. The van der Waals surface area contributed by atoms with E-state index in [9.17, 15) is 4.79 Å². The lowest BCUT2D eigenvalue weighted by atomic mass is 9.96. The van der Waals surface area contributed by atoms with Gasteiger partial charge in [0.1, 0.15) is 0 Å². The lowest BCUT2D eigenvalue weighted by Crippen LogP contribution is -2.46. The monoisotopic (exact) mass is 460 g/mol. The van der Waals surface area contributed by atoms with Crippen LogP contribution in [0.3, 0.4) is 0 Å². The van der Waals surface area contributed by atoms with E-state index in [1.165, 1.54) is 0 Å². The number of aromatic nitrogens is 2. The van der Waals surface area contributed by atoms with Gasteiger partial charge in [-0.1, -0.05) is 13.0 Å². The minimum absolute atomic E-state index is 0.100. The second kappa shape index (κ2) is 9.44. The van der Waals surface area contributed by atoms with Crippen LogP contribution < -0.4 is 31.9 Å². The molecule has 9 nitrogen and oxygen atoms in total. The van der Waals surface area contributed by atoms with Crippen molar-refractivity contribution in [2.45, 2.75) is 19.4 Å². The number of hydrogen-bond acceptors (Lipinski definition) is 8. The maximum Gasteiger partial charge on any atom is 0.276 e. The van der Waals surface area contributed by atoms with Gasteiger partial charge >= 0.3 is 0 Å². The van der Waals surface area contributed by atoms with Crippen LogP contribution in [0.4, 0.5) is 22.7 Å². The van der Waals surface area contributed by atoms with Gasteiger partial charge in [0.05, 0.1) is 28.8 Å². The molecular formula is C25H32N8O. The third-order valence-electron chi connectivity index (χ3n) is 6.61. The molecule has 2 aromatic heterocycles. The van der Waals surface area contributed by atoms with E-state index in [2.05, 4.69) is 43.4 Å². The fourth-order valence-electron chi connectivity index (χ4n) is 5.01. The summed E-state index contributed by atoms with van der Waals surface area (Å²) in [6.07, 6.45) is 4.39. The van der Waals surface area contributed by atoms with Crippen LogP contribution in [-0.2, 0) is 0 Å². The van der Waals surface area contributed by atoms with Crippen LogP contribution in [-0.4, -0.2) is 61.2 Å². The molecule has 0 saturated carbocycles. The predicted octanol–water partition coefficient (Wildman–Crippen LogP) is 2.05. The molecule has 0 unspecified atom stereocenters. The van der Waals surface area contributed by atoms with Gasteiger partial charge in [-0.15, -0.1) is 0 Å². The van der Waals surface area contributed by atoms with E-state index in [-0.39, 0.29) is 17.6 Å². The first-order valence-electron chi connectivity index (χ1n) is 11.9. The number of carbonyl (C=O) groups excluding carboxylic acids is 1. The number of fused-ring (bicyclic) bond motifs is 1. The molecule has 2 aliphatic rings. The molecule has 178 valence electrons. The number of rotatable bonds is 4. The topological polar surface area (TPSA) is 125 Å². The van der Waals surface area contributed by atoms with Crippen LogP contribution in [0.2, 0.25) is 0 Å². The molecule has 34 heavy (non-hydrogen) atoms. The second-order valence-electron chi connectivity index (χ2n) is 9.39. The fourth-order valence-corrected chi connectivity index (χ4v) is 5.01. The summed E-state index contributed by atoms with van der Waals surface area (Å²) in [7, 11) is 0. The van der Waals surface area contributed by atoms with E-state index >= 15 is 0 Å². The van der Waals surface area contributed by atoms with E-state index in [0.29, 0.717) is 17.3 Å². The maximum absolute atomic E-state index is 13.3. The van der Waals surface area contributed by atoms with Crippen molar-refractivity contribution in [3.8, 4) is 0 Å². The summed E-state index contributed by atoms with van der Waals surface area (Å²) in [5.41, 5.74) is 16.5. The molecule has 1 amide bonds. The van der Waals surface area contributed by atoms with Gasteiger partial charge in [-0.25, -0.2) is 4.98 Å². The summed E-state index contributed by atoms with van der Waals surface area (Å²) < 4.78 is 0. The van der Waals surface area contributed by atoms with Gasteiger partial charge in [0.25, 0.3) is 5.91 Å². The van der Waals surface area contributed by atoms with Crippen LogP contribution in [0.5, 0.6) is 0 Å². The molecule has 5 rings (SSSR count). The Kier molecular flexibility index (Phi) is 6.21. The summed E-state index contributed by atoms with van der Waals surface area (Å²) in [6.45, 7) is 7.60. The molecule has 3 aromatic rings. The van der Waals surface area contributed by atoms with Crippen LogP contribution in [0.1, 0.15) is 23.8 Å². The van der Waals surface area contributed by atoms with Gasteiger partial charge in [-0.05, 0) is 36.6 Å². The Balaban J connectivity index is 1.42. The third-order valence-corrected chi connectivity index (χ3v) is 6.61. The highest BCUT2D eigenvalue weighted by Crippen LogP contribution is 2.30. The largest absolute Gasteiger partial charge is 0.397 e.